The second kappa shape index (κ2) is 13.0. The van der Waals surface area contributed by atoms with Gasteiger partial charge in [-0.3, -0.25) is 4.90 Å². The van der Waals surface area contributed by atoms with Crippen molar-refractivity contribution in [3.05, 3.63) is 58.4 Å². The second-order valence-corrected chi connectivity index (χ2v) is 8.44. The third kappa shape index (κ3) is 7.74. The minimum absolute atomic E-state index is 0. The highest BCUT2D eigenvalue weighted by molar-refractivity contribution is 14.0. The molecular formula is C25H36FIN4O2. The van der Waals surface area contributed by atoms with Crippen molar-refractivity contribution in [2.75, 3.05) is 26.7 Å². The summed E-state index contributed by atoms with van der Waals surface area (Å²) in [6, 6.07) is 9.49. The SMILES string of the molecule is CCNC(=NCc1cc(C)c(O)c(C)c1)NC1CCN(Cc2ccc(OC)c(F)c2)CC1.I. The maximum atomic E-state index is 14.0. The van der Waals surface area contributed by atoms with Crippen molar-refractivity contribution in [2.24, 2.45) is 4.99 Å². The zero-order valence-electron chi connectivity index (χ0n) is 19.9. The first-order valence-electron chi connectivity index (χ1n) is 11.3. The number of nitrogens with zero attached hydrogens (tertiary/aromatic N) is 2. The number of rotatable bonds is 7. The number of methoxy groups -OCH3 is 1. The van der Waals surface area contributed by atoms with Gasteiger partial charge in [0, 0.05) is 32.2 Å². The molecule has 0 unspecified atom stereocenters. The summed E-state index contributed by atoms with van der Waals surface area (Å²) in [4.78, 5) is 7.10. The summed E-state index contributed by atoms with van der Waals surface area (Å²) >= 11 is 0. The molecule has 2 aromatic carbocycles. The van der Waals surface area contributed by atoms with Gasteiger partial charge in [0.1, 0.15) is 5.75 Å². The first-order chi connectivity index (χ1) is 15.4. The van der Waals surface area contributed by atoms with Gasteiger partial charge in [-0.2, -0.15) is 0 Å². The topological polar surface area (TPSA) is 69.1 Å². The Morgan fingerprint density at radius 2 is 1.82 bits per heavy atom. The van der Waals surface area contributed by atoms with E-state index < -0.39 is 0 Å². The van der Waals surface area contributed by atoms with Gasteiger partial charge in [0.2, 0.25) is 0 Å². The van der Waals surface area contributed by atoms with Crippen LogP contribution in [0.3, 0.4) is 0 Å². The number of halogens is 2. The van der Waals surface area contributed by atoms with E-state index in [1.807, 2.05) is 32.0 Å². The molecule has 6 nitrogen and oxygen atoms in total. The first-order valence-corrected chi connectivity index (χ1v) is 11.3. The molecular weight excluding hydrogens is 534 g/mol. The highest BCUT2D eigenvalue weighted by atomic mass is 127. The molecule has 3 N–H and O–H groups in total. The van der Waals surface area contributed by atoms with Crippen molar-refractivity contribution >= 4 is 29.9 Å². The van der Waals surface area contributed by atoms with Crippen LogP contribution in [-0.4, -0.2) is 48.8 Å². The molecule has 1 aliphatic heterocycles. The molecule has 3 rings (SSSR count). The number of phenols is 1. The molecule has 0 radical (unpaired) electrons. The molecule has 2 aromatic rings. The molecule has 33 heavy (non-hydrogen) atoms. The monoisotopic (exact) mass is 570 g/mol. The maximum absolute atomic E-state index is 14.0. The third-order valence-electron chi connectivity index (χ3n) is 5.87. The lowest BCUT2D eigenvalue weighted by Gasteiger charge is -2.33. The van der Waals surface area contributed by atoms with Crippen LogP contribution in [0.15, 0.2) is 35.3 Å². The van der Waals surface area contributed by atoms with Gasteiger partial charge < -0.3 is 20.5 Å². The van der Waals surface area contributed by atoms with Gasteiger partial charge in [0.05, 0.1) is 13.7 Å². The van der Waals surface area contributed by atoms with Gasteiger partial charge in [0.25, 0.3) is 0 Å². The van der Waals surface area contributed by atoms with Gasteiger partial charge in [-0.1, -0.05) is 18.2 Å². The van der Waals surface area contributed by atoms with Crippen LogP contribution >= 0.6 is 24.0 Å². The first kappa shape index (κ1) is 27.2. The lowest BCUT2D eigenvalue weighted by molar-refractivity contribution is 0.198. The Kier molecular flexibility index (Phi) is 10.7. The molecule has 0 aromatic heterocycles. The number of aromatic hydroxyl groups is 1. The quantitative estimate of drug-likeness (QED) is 0.260. The molecule has 0 spiro atoms. The van der Waals surface area contributed by atoms with E-state index in [2.05, 4.69) is 22.5 Å². The van der Waals surface area contributed by atoms with Crippen molar-refractivity contribution in [2.45, 2.75) is 52.7 Å². The number of guanidine groups is 1. The van der Waals surface area contributed by atoms with Gasteiger partial charge in [0.15, 0.2) is 17.5 Å². The number of hydrogen-bond donors (Lipinski definition) is 3. The van der Waals surface area contributed by atoms with Gasteiger partial charge >= 0.3 is 0 Å². The number of benzene rings is 2. The second-order valence-electron chi connectivity index (χ2n) is 8.44. The van der Waals surface area contributed by atoms with Gasteiger partial charge in [-0.05, 0) is 68.0 Å². The minimum Gasteiger partial charge on any atom is -0.507 e. The molecule has 1 heterocycles. The van der Waals surface area contributed by atoms with Crippen molar-refractivity contribution in [1.82, 2.24) is 15.5 Å². The predicted molar refractivity (Wildman–Crippen MR) is 142 cm³/mol. The lowest BCUT2D eigenvalue weighted by Crippen LogP contribution is -2.48. The molecule has 8 heteroatoms. The molecule has 1 aliphatic rings. The van der Waals surface area contributed by atoms with Crippen LogP contribution in [0.5, 0.6) is 11.5 Å². The summed E-state index contributed by atoms with van der Waals surface area (Å²) in [5.74, 6) is 1.13. The number of nitrogens with one attached hydrogen (secondary N) is 2. The zero-order valence-corrected chi connectivity index (χ0v) is 22.3. The van der Waals surface area contributed by atoms with E-state index >= 15 is 0 Å². The van der Waals surface area contributed by atoms with Crippen molar-refractivity contribution in [1.29, 1.82) is 0 Å². The van der Waals surface area contributed by atoms with E-state index in [9.17, 15) is 9.50 Å². The number of hydrogen-bond acceptors (Lipinski definition) is 4. The van der Waals surface area contributed by atoms with Crippen LogP contribution in [0.4, 0.5) is 4.39 Å². The predicted octanol–water partition coefficient (Wildman–Crippen LogP) is 4.49. The summed E-state index contributed by atoms with van der Waals surface area (Å²) in [6.45, 7) is 9.85. The summed E-state index contributed by atoms with van der Waals surface area (Å²) in [7, 11) is 1.48. The number of ether oxygens (including phenoxy) is 1. The molecule has 0 saturated carbocycles. The fourth-order valence-corrected chi connectivity index (χ4v) is 4.12. The van der Waals surface area contributed by atoms with Gasteiger partial charge in [-0.25, -0.2) is 9.38 Å². The van der Waals surface area contributed by atoms with Crippen molar-refractivity contribution in [3.63, 3.8) is 0 Å². The maximum Gasteiger partial charge on any atom is 0.191 e. The molecule has 0 atom stereocenters. The van der Waals surface area contributed by atoms with Crippen molar-refractivity contribution < 1.29 is 14.2 Å². The van der Waals surface area contributed by atoms with Crippen LogP contribution in [0.1, 0.15) is 42.0 Å². The number of aryl methyl sites for hydroxylation is 2. The average Bonchev–Trinajstić information content (AvgIpc) is 2.77. The van der Waals surface area contributed by atoms with E-state index in [-0.39, 0.29) is 35.5 Å². The highest BCUT2D eigenvalue weighted by Crippen LogP contribution is 2.23. The largest absolute Gasteiger partial charge is 0.507 e. The third-order valence-corrected chi connectivity index (χ3v) is 5.87. The van der Waals surface area contributed by atoms with Gasteiger partial charge in [-0.15, -0.1) is 24.0 Å². The van der Waals surface area contributed by atoms with E-state index in [0.29, 0.717) is 18.3 Å². The number of piperidine rings is 1. The summed E-state index contributed by atoms with van der Waals surface area (Å²) in [6.07, 6.45) is 2.00. The number of aliphatic imine (C=N–C) groups is 1. The van der Waals surface area contributed by atoms with E-state index in [0.717, 1.165) is 67.2 Å². The fraction of sp³-hybridized carbons (Fsp3) is 0.480. The van der Waals surface area contributed by atoms with Crippen LogP contribution in [0.2, 0.25) is 0 Å². The fourth-order valence-electron chi connectivity index (χ4n) is 4.12. The van der Waals surface area contributed by atoms with E-state index in [1.54, 1.807) is 12.1 Å². The number of phenolic OH excluding ortho intramolecular Hbond substituents is 1. The Bertz CT molecular complexity index is 923. The van der Waals surface area contributed by atoms with E-state index in [4.69, 9.17) is 9.73 Å². The van der Waals surface area contributed by atoms with E-state index in [1.165, 1.54) is 7.11 Å². The smallest absolute Gasteiger partial charge is 0.191 e. The Balaban J connectivity index is 0.00000385. The molecule has 0 bridgehead atoms. The summed E-state index contributed by atoms with van der Waals surface area (Å²) < 4.78 is 19.0. The number of likely N-dealkylation sites (tertiary alicyclic amines) is 1. The highest BCUT2D eigenvalue weighted by Gasteiger charge is 2.20. The molecule has 0 aliphatic carbocycles. The Morgan fingerprint density at radius 3 is 2.39 bits per heavy atom. The summed E-state index contributed by atoms with van der Waals surface area (Å²) in [5.41, 5.74) is 3.79. The lowest BCUT2D eigenvalue weighted by atomic mass is 10.0. The molecule has 1 saturated heterocycles. The average molecular weight is 570 g/mol. The van der Waals surface area contributed by atoms with Crippen molar-refractivity contribution in [3.8, 4) is 11.5 Å². The molecule has 182 valence electrons. The van der Waals surface area contributed by atoms with Crippen LogP contribution in [-0.2, 0) is 13.1 Å². The summed E-state index contributed by atoms with van der Waals surface area (Å²) in [5, 5.41) is 16.9. The van der Waals surface area contributed by atoms with Crippen LogP contribution < -0.4 is 15.4 Å². The normalized spacial score (nSPS) is 15.1. The molecule has 1 fully saturated rings. The molecule has 0 amide bonds. The van der Waals surface area contributed by atoms with Crippen LogP contribution in [0.25, 0.3) is 0 Å². The minimum atomic E-state index is -0.313. The Hall–Kier alpha value is -2.07. The van der Waals surface area contributed by atoms with Crippen LogP contribution in [0, 0.1) is 19.7 Å². The standard InChI is InChI=1S/C25H35FN4O2.HI/c1-5-27-25(28-15-20-12-17(2)24(31)18(3)13-20)29-21-8-10-30(11-9-21)16-19-6-7-23(32-4)22(26)14-19;/h6-7,12-14,21,31H,5,8-11,15-16H2,1-4H3,(H2,27,28,29);1H. The Morgan fingerprint density at radius 1 is 1.15 bits per heavy atom. The Labute approximate surface area is 213 Å². The zero-order chi connectivity index (χ0) is 23.1.